The quantitative estimate of drug-likeness (QED) is 0.750. The molecular weight excluding hydrogens is 248 g/mol. The zero-order valence-electron chi connectivity index (χ0n) is 13.1. The van der Waals surface area contributed by atoms with Gasteiger partial charge in [0.2, 0.25) is 0 Å². The van der Waals surface area contributed by atoms with E-state index in [0.717, 1.165) is 24.8 Å². The predicted octanol–water partition coefficient (Wildman–Crippen LogP) is 2.70. The average Bonchev–Trinajstić information content (AvgIpc) is 3.29. The van der Waals surface area contributed by atoms with Gasteiger partial charge in [0, 0.05) is 25.2 Å². The maximum atomic E-state index is 5.18. The van der Waals surface area contributed by atoms with Crippen LogP contribution in [0.2, 0.25) is 0 Å². The first kappa shape index (κ1) is 15.3. The van der Waals surface area contributed by atoms with E-state index in [1.807, 2.05) is 12.1 Å². The Bertz CT molecular complexity index is 386. The maximum Gasteiger partial charge on any atom is 0.118 e. The summed E-state index contributed by atoms with van der Waals surface area (Å²) in [5, 5.41) is 3.63. The molecule has 1 aliphatic rings. The van der Waals surface area contributed by atoms with E-state index in [0.29, 0.717) is 6.04 Å². The predicted molar refractivity (Wildman–Crippen MR) is 84.4 cm³/mol. The molecule has 1 aliphatic carbocycles. The number of methoxy groups -OCH3 is 1. The minimum absolute atomic E-state index is 0.515. The minimum Gasteiger partial charge on any atom is -0.497 e. The third-order valence-electron chi connectivity index (χ3n) is 4.06. The van der Waals surface area contributed by atoms with Crippen LogP contribution in [0.25, 0.3) is 0 Å². The summed E-state index contributed by atoms with van der Waals surface area (Å²) in [6.07, 6.45) is 3.87. The Balaban J connectivity index is 1.67. The lowest BCUT2D eigenvalue weighted by molar-refractivity contribution is 0.273. The second kappa shape index (κ2) is 7.65. The number of nitrogens with one attached hydrogen (secondary N) is 1. The van der Waals surface area contributed by atoms with Crippen molar-refractivity contribution < 1.29 is 4.74 Å². The molecule has 0 saturated heterocycles. The maximum absolute atomic E-state index is 5.18. The number of hydrogen-bond acceptors (Lipinski definition) is 3. The first-order valence-electron chi connectivity index (χ1n) is 7.83. The van der Waals surface area contributed by atoms with Crippen molar-refractivity contribution in [3.05, 3.63) is 29.8 Å². The lowest BCUT2D eigenvalue weighted by Crippen LogP contribution is -2.37. The highest BCUT2D eigenvalue weighted by Crippen LogP contribution is 2.25. The molecule has 0 heterocycles. The first-order valence-corrected chi connectivity index (χ1v) is 7.83. The Morgan fingerprint density at radius 1 is 1.30 bits per heavy atom. The van der Waals surface area contributed by atoms with Gasteiger partial charge in [-0.15, -0.1) is 0 Å². The molecule has 1 saturated carbocycles. The standard InChI is InChI=1S/C17H28N2O/c1-4-19(16-7-8-16)12-11-18-14(2)13-15-5-9-17(20-3)10-6-15/h5-6,9-10,14,16,18H,4,7-8,11-13H2,1-3H3. The lowest BCUT2D eigenvalue weighted by Gasteiger charge is -2.21. The Morgan fingerprint density at radius 2 is 2.00 bits per heavy atom. The topological polar surface area (TPSA) is 24.5 Å². The number of nitrogens with zero attached hydrogens (tertiary/aromatic N) is 1. The van der Waals surface area contributed by atoms with Crippen LogP contribution in [-0.4, -0.2) is 43.7 Å². The fourth-order valence-electron chi connectivity index (χ4n) is 2.68. The molecule has 20 heavy (non-hydrogen) atoms. The molecule has 1 fully saturated rings. The van der Waals surface area contributed by atoms with E-state index >= 15 is 0 Å². The number of rotatable bonds is 9. The molecule has 3 heteroatoms. The van der Waals surface area contributed by atoms with Crippen molar-refractivity contribution in [2.75, 3.05) is 26.7 Å². The van der Waals surface area contributed by atoms with Crippen LogP contribution in [0.5, 0.6) is 5.75 Å². The van der Waals surface area contributed by atoms with Crippen LogP contribution in [0.3, 0.4) is 0 Å². The molecular formula is C17H28N2O. The molecule has 1 aromatic carbocycles. The van der Waals surface area contributed by atoms with Crippen LogP contribution in [-0.2, 0) is 6.42 Å². The summed E-state index contributed by atoms with van der Waals surface area (Å²) in [5.41, 5.74) is 1.36. The van der Waals surface area contributed by atoms with Gasteiger partial charge >= 0.3 is 0 Å². The molecule has 0 aromatic heterocycles. The van der Waals surface area contributed by atoms with Gasteiger partial charge in [-0.1, -0.05) is 19.1 Å². The molecule has 1 aromatic rings. The Morgan fingerprint density at radius 3 is 2.55 bits per heavy atom. The fraction of sp³-hybridized carbons (Fsp3) is 0.647. The van der Waals surface area contributed by atoms with E-state index in [9.17, 15) is 0 Å². The number of benzene rings is 1. The van der Waals surface area contributed by atoms with Crippen LogP contribution in [0, 0.1) is 0 Å². The monoisotopic (exact) mass is 276 g/mol. The summed E-state index contributed by atoms with van der Waals surface area (Å²) < 4.78 is 5.18. The van der Waals surface area contributed by atoms with Crippen LogP contribution in [0.1, 0.15) is 32.3 Å². The van der Waals surface area contributed by atoms with Gasteiger partial charge in [0.15, 0.2) is 0 Å². The highest BCUT2D eigenvalue weighted by molar-refractivity contribution is 5.27. The zero-order valence-corrected chi connectivity index (χ0v) is 13.1. The van der Waals surface area contributed by atoms with Gasteiger partial charge in [-0.2, -0.15) is 0 Å². The van der Waals surface area contributed by atoms with E-state index in [2.05, 4.69) is 36.2 Å². The highest BCUT2D eigenvalue weighted by atomic mass is 16.5. The van der Waals surface area contributed by atoms with Crippen molar-refractivity contribution in [3.63, 3.8) is 0 Å². The molecule has 1 N–H and O–H groups in total. The Hall–Kier alpha value is -1.06. The average molecular weight is 276 g/mol. The smallest absolute Gasteiger partial charge is 0.118 e. The summed E-state index contributed by atoms with van der Waals surface area (Å²) in [6.45, 7) is 7.96. The van der Waals surface area contributed by atoms with Crippen molar-refractivity contribution >= 4 is 0 Å². The van der Waals surface area contributed by atoms with Gasteiger partial charge in [-0.3, -0.25) is 4.90 Å². The van der Waals surface area contributed by atoms with Crippen LogP contribution < -0.4 is 10.1 Å². The molecule has 3 nitrogen and oxygen atoms in total. The second-order valence-electron chi connectivity index (χ2n) is 5.77. The van der Waals surface area contributed by atoms with Crippen molar-refractivity contribution in [3.8, 4) is 5.75 Å². The van der Waals surface area contributed by atoms with Gasteiger partial charge < -0.3 is 10.1 Å². The van der Waals surface area contributed by atoms with E-state index in [1.54, 1.807) is 7.11 Å². The summed E-state index contributed by atoms with van der Waals surface area (Å²) in [6, 6.07) is 9.76. The fourth-order valence-corrected chi connectivity index (χ4v) is 2.68. The van der Waals surface area contributed by atoms with Crippen LogP contribution in [0.15, 0.2) is 24.3 Å². The van der Waals surface area contributed by atoms with Crippen LogP contribution >= 0.6 is 0 Å². The van der Waals surface area contributed by atoms with Crippen molar-refractivity contribution in [1.29, 1.82) is 0 Å². The molecule has 2 rings (SSSR count). The van der Waals surface area contributed by atoms with E-state index in [-0.39, 0.29) is 0 Å². The van der Waals surface area contributed by atoms with E-state index in [1.165, 1.54) is 31.5 Å². The van der Waals surface area contributed by atoms with Gasteiger partial charge in [-0.25, -0.2) is 0 Å². The third kappa shape index (κ3) is 4.80. The van der Waals surface area contributed by atoms with Crippen molar-refractivity contribution in [2.45, 2.75) is 45.2 Å². The van der Waals surface area contributed by atoms with Crippen molar-refractivity contribution in [2.24, 2.45) is 0 Å². The summed E-state index contributed by atoms with van der Waals surface area (Å²) >= 11 is 0. The SMILES string of the molecule is CCN(CCNC(C)Cc1ccc(OC)cc1)C1CC1. The number of ether oxygens (including phenoxy) is 1. The van der Waals surface area contributed by atoms with Crippen molar-refractivity contribution in [1.82, 2.24) is 10.2 Å². The lowest BCUT2D eigenvalue weighted by atomic mass is 10.1. The van der Waals surface area contributed by atoms with Gasteiger partial charge in [-0.05, 0) is 50.4 Å². The van der Waals surface area contributed by atoms with E-state index < -0.39 is 0 Å². The molecule has 0 spiro atoms. The van der Waals surface area contributed by atoms with Gasteiger partial charge in [0.1, 0.15) is 5.75 Å². The first-order chi connectivity index (χ1) is 9.72. The molecule has 0 amide bonds. The molecule has 0 aliphatic heterocycles. The number of hydrogen-bond donors (Lipinski definition) is 1. The van der Waals surface area contributed by atoms with Gasteiger partial charge in [0.25, 0.3) is 0 Å². The summed E-state index contributed by atoms with van der Waals surface area (Å²) in [7, 11) is 1.71. The molecule has 112 valence electrons. The molecule has 1 unspecified atom stereocenters. The Labute approximate surface area is 123 Å². The third-order valence-corrected chi connectivity index (χ3v) is 4.06. The molecule has 0 bridgehead atoms. The van der Waals surface area contributed by atoms with Gasteiger partial charge in [0.05, 0.1) is 7.11 Å². The minimum atomic E-state index is 0.515. The molecule has 1 atom stereocenters. The summed E-state index contributed by atoms with van der Waals surface area (Å²) in [5.74, 6) is 0.928. The zero-order chi connectivity index (χ0) is 14.4. The normalized spacial score (nSPS) is 16.4. The van der Waals surface area contributed by atoms with E-state index in [4.69, 9.17) is 4.74 Å². The summed E-state index contributed by atoms with van der Waals surface area (Å²) in [4.78, 5) is 2.59. The number of likely N-dealkylation sites (N-methyl/N-ethyl adjacent to an activating group) is 1. The Kier molecular flexibility index (Phi) is 5.86. The van der Waals surface area contributed by atoms with Crippen LogP contribution in [0.4, 0.5) is 0 Å². The second-order valence-corrected chi connectivity index (χ2v) is 5.77. The largest absolute Gasteiger partial charge is 0.497 e. The highest BCUT2D eigenvalue weighted by Gasteiger charge is 2.27. The molecule has 0 radical (unpaired) electrons.